The zero-order chi connectivity index (χ0) is 23.1. The number of hydrogen-bond acceptors (Lipinski definition) is 8. The molecule has 0 aliphatic rings. The predicted octanol–water partition coefficient (Wildman–Crippen LogP) is 3.71. The Hall–Kier alpha value is -4.41. The summed E-state index contributed by atoms with van der Waals surface area (Å²) in [5, 5.41) is 13.5. The van der Waals surface area contributed by atoms with Gasteiger partial charge in [-0.05, 0) is 48.5 Å². The number of carbonyl (C=O) groups excluding carboxylic acids is 2. The van der Waals surface area contributed by atoms with Crippen molar-refractivity contribution in [3.63, 3.8) is 0 Å². The molecule has 0 radical (unpaired) electrons. The number of carbonyl (C=O) groups is 2. The number of ether oxygens (including phenoxy) is 3. The minimum atomic E-state index is -0.905. The van der Waals surface area contributed by atoms with Gasteiger partial charge in [-0.25, -0.2) is 9.18 Å². The lowest BCUT2D eigenvalue weighted by Crippen LogP contribution is -2.21. The fourth-order valence-electron chi connectivity index (χ4n) is 2.53. The number of hydrogen-bond donors (Lipinski definition) is 1. The Balaban J connectivity index is 1.52. The van der Waals surface area contributed by atoms with Crippen molar-refractivity contribution in [3.05, 3.63) is 82.0 Å². The SMILES string of the molecule is COc1ccc(NC(=O)COC(=O)c2ccc(COc3ccc(F)cc3)o2)c([N+](=O)[O-])c1. The molecule has 3 rings (SSSR count). The monoisotopic (exact) mass is 444 g/mol. The van der Waals surface area contributed by atoms with Crippen LogP contribution in [-0.4, -0.2) is 30.5 Å². The molecule has 0 fully saturated rings. The maximum atomic E-state index is 12.9. The molecule has 11 heteroatoms. The van der Waals surface area contributed by atoms with Gasteiger partial charge in [0.2, 0.25) is 5.76 Å². The first-order chi connectivity index (χ1) is 15.4. The van der Waals surface area contributed by atoms with E-state index in [2.05, 4.69) is 5.32 Å². The standard InChI is InChI=1S/C21H17FN2O8/c1-29-15-6-8-17(18(10-15)24(27)28)23-20(25)12-31-21(26)19-9-7-16(32-19)11-30-14-4-2-13(22)3-5-14/h2-10H,11-12H2,1H3,(H,23,25). The van der Waals surface area contributed by atoms with E-state index < -0.39 is 29.2 Å². The number of anilines is 1. The minimum Gasteiger partial charge on any atom is -0.496 e. The Morgan fingerprint density at radius 3 is 2.50 bits per heavy atom. The van der Waals surface area contributed by atoms with Crippen LogP contribution in [0.1, 0.15) is 16.3 Å². The van der Waals surface area contributed by atoms with Gasteiger partial charge < -0.3 is 23.9 Å². The van der Waals surface area contributed by atoms with Gasteiger partial charge in [0.15, 0.2) is 6.61 Å². The zero-order valence-electron chi connectivity index (χ0n) is 16.7. The smallest absolute Gasteiger partial charge is 0.374 e. The third-order valence-electron chi connectivity index (χ3n) is 4.07. The van der Waals surface area contributed by atoms with Crippen LogP contribution in [0.25, 0.3) is 0 Å². The molecule has 0 unspecified atom stereocenters. The number of nitro benzene ring substituents is 1. The third-order valence-corrected chi connectivity index (χ3v) is 4.07. The van der Waals surface area contributed by atoms with Gasteiger partial charge in [-0.3, -0.25) is 14.9 Å². The van der Waals surface area contributed by atoms with E-state index in [0.29, 0.717) is 11.5 Å². The van der Waals surface area contributed by atoms with E-state index in [-0.39, 0.29) is 29.5 Å². The summed E-state index contributed by atoms with van der Waals surface area (Å²) in [5.41, 5.74) is -0.448. The van der Waals surface area contributed by atoms with Crippen LogP contribution < -0.4 is 14.8 Å². The number of methoxy groups -OCH3 is 1. The molecule has 0 atom stereocenters. The van der Waals surface area contributed by atoms with Crippen molar-refractivity contribution in [1.29, 1.82) is 0 Å². The van der Waals surface area contributed by atoms with Crippen LogP contribution in [0.4, 0.5) is 15.8 Å². The average molecular weight is 444 g/mol. The van der Waals surface area contributed by atoms with Gasteiger partial charge >= 0.3 is 5.97 Å². The summed E-state index contributed by atoms with van der Waals surface area (Å²) in [6, 6.07) is 12.1. The van der Waals surface area contributed by atoms with Crippen LogP contribution in [0.5, 0.6) is 11.5 Å². The number of nitrogens with one attached hydrogen (secondary N) is 1. The van der Waals surface area contributed by atoms with Crippen molar-refractivity contribution in [2.24, 2.45) is 0 Å². The molecule has 0 spiro atoms. The van der Waals surface area contributed by atoms with E-state index in [1.165, 1.54) is 55.6 Å². The van der Waals surface area contributed by atoms with E-state index in [1.807, 2.05) is 0 Å². The molecule has 1 amide bonds. The Labute approximate surface area is 180 Å². The topological polar surface area (TPSA) is 130 Å². The maximum absolute atomic E-state index is 12.9. The maximum Gasteiger partial charge on any atom is 0.374 e. The number of nitrogens with zero attached hydrogens (tertiary/aromatic N) is 1. The Morgan fingerprint density at radius 2 is 1.81 bits per heavy atom. The second kappa shape index (κ2) is 10.1. The summed E-state index contributed by atoms with van der Waals surface area (Å²) in [6.07, 6.45) is 0. The third kappa shape index (κ3) is 5.81. The number of benzene rings is 2. The van der Waals surface area contributed by atoms with Crippen molar-refractivity contribution >= 4 is 23.3 Å². The summed E-state index contributed by atoms with van der Waals surface area (Å²) < 4.78 is 33.4. The van der Waals surface area contributed by atoms with Crippen molar-refractivity contribution in [1.82, 2.24) is 0 Å². The number of amides is 1. The van der Waals surface area contributed by atoms with Crippen LogP contribution in [0, 0.1) is 15.9 Å². The van der Waals surface area contributed by atoms with Crippen molar-refractivity contribution in [2.75, 3.05) is 19.0 Å². The van der Waals surface area contributed by atoms with Gasteiger partial charge in [0.1, 0.15) is 35.4 Å². The molecule has 1 N–H and O–H groups in total. The lowest BCUT2D eigenvalue weighted by molar-refractivity contribution is -0.384. The highest BCUT2D eigenvalue weighted by atomic mass is 19.1. The molecule has 3 aromatic rings. The molecule has 166 valence electrons. The van der Waals surface area contributed by atoms with Crippen LogP contribution in [-0.2, 0) is 16.1 Å². The van der Waals surface area contributed by atoms with E-state index in [1.54, 1.807) is 0 Å². The zero-order valence-corrected chi connectivity index (χ0v) is 16.7. The van der Waals surface area contributed by atoms with E-state index >= 15 is 0 Å². The summed E-state index contributed by atoms with van der Waals surface area (Å²) in [4.78, 5) is 34.6. The van der Waals surface area contributed by atoms with E-state index in [4.69, 9.17) is 18.6 Å². The highest BCUT2D eigenvalue weighted by Gasteiger charge is 2.19. The number of furan rings is 1. The minimum absolute atomic E-state index is 0.0134. The quantitative estimate of drug-likeness (QED) is 0.300. The number of halogens is 1. The highest BCUT2D eigenvalue weighted by molar-refractivity contribution is 5.96. The van der Waals surface area contributed by atoms with E-state index in [9.17, 15) is 24.1 Å². The first-order valence-corrected chi connectivity index (χ1v) is 9.12. The Kier molecular flexibility index (Phi) is 7.01. The van der Waals surface area contributed by atoms with Crippen LogP contribution in [0.2, 0.25) is 0 Å². The molecular formula is C21H17FN2O8. The van der Waals surface area contributed by atoms with Gasteiger partial charge in [-0.1, -0.05) is 0 Å². The molecule has 32 heavy (non-hydrogen) atoms. The van der Waals surface area contributed by atoms with Gasteiger partial charge in [-0.2, -0.15) is 0 Å². The van der Waals surface area contributed by atoms with Gasteiger partial charge in [-0.15, -0.1) is 0 Å². The van der Waals surface area contributed by atoms with Crippen LogP contribution in [0.3, 0.4) is 0 Å². The molecule has 2 aromatic carbocycles. The molecular weight excluding hydrogens is 427 g/mol. The fourth-order valence-corrected chi connectivity index (χ4v) is 2.53. The second-order valence-corrected chi connectivity index (χ2v) is 6.27. The first kappa shape index (κ1) is 22.3. The molecule has 0 aliphatic heterocycles. The average Bonchev–Trinajstić information content (AvgIpc) is 3.26. The first-order valence-electron chi connectivity index (χ1n) is 9.12. The highest BCUT2D eigenvalue weighted by Crippen LogP contribution is 2.28. The second-order valence-electron chi connectivity index (χ2n) is 6.27. The molecule has 10 nitrogen and oxygen atoms in total. The summed E-state index contributed by atoms with van der Waals surface area (Å²) in [5.74, 6) is -1.28. The van der Waals surface area contributed by atoms with Gasteiger partial charge in [0, 0.05) is 0 Å². The fraction of sp³-hybridized carbons (Fsp3) is 0.143. The molecule has 0 saturated carbocycles. The summed E-state index contributed by atoms with van der Waals surface area (Å²) in [6.45, 7) is -0.704. The molecule has 0 saturated heterocycles. The van der Waals surface area contributed by atoms with Crippen molar-refractivity contribution in [2.45, 2.75) is 6.61 Å². The molecule has 0 bridgehead atoms. The summed E-state index contributed by atoms with van der Waals surface area (Å²) >= 11 is 0. The Morgan fingerprint density at radius 1 is 1.09 bits per heavy atom. The normalized spacial score (nSPS) is 10.3. The van der Waals surface area contributed by atoms with E-state index in [0.717, 1.165) is 6.07 Å². The Bertz CT molecular complexity index is 1130. The predicted molar refractivity (Wildman–Crippen MR) is 108 cm³/mol. The molecule has 1 heterocycles. The summed E-state index contributed by atoms with van der Waals surface area (Å²) in [7, 11) is 1.35. The lowest BCUT2D eigenvalue weighted by Gasteiger charge is -2.08. The van der Waals surface area contributed by atoms with Crippen molar-refractivity contribution in [3.8, 4) is 11.5 Å². The van der Waals surface area contributed by atoms with Crippen LogP contribution in [0.15, 0.2) is 59.0 Å². The largest absolute Gasteiger partial charge is 0.496 e. The van der Waals surface area contributed by atoms with Crippen molar-refractivity contribution < 1.29 is 37.5 Å². The number of esters is 1. The van der Waals surface area contributed by atoms with Gasteiger partial charge in [0.25, 0.3) is 11.6 Å². The molecule has 1 aromatic heterocycles. The van der Waals surface area contributed by atoms with Gasteiger partial charge in [0.05, 0.1) is 18.1 Å². The molecule has 0 aliphatic carbocycles. The lowest BCUT2D eigenvalue weighted by atomic mass is 10.2. The van der Waals surface area contributed by atoms with Crippen LogP contribution >= 0.6 is 0 Å². The number of rotatable bonds is 9. The number of nitro groups is 1.